The van der Waals surface area contributed by atoms with E-state index in [-0.39, 0.29) is 23.4 Å². The molecule has 1 heterocycles. The van der Waals surface area contributed by atoms with Gasteiger partial charge in [0.2, 0.25) is 5.75 Å². The van der Waals surface area contributed by atoms with E-state index in [2.05, 4.69) is 0 Å². The summed E-state index contributed by atoms with van der Waals surface area (Å²) in [6.45, 7) is 0.991. The van der Waals surface area contributed by atoms with Gasteiger partial charge in [0.05, 0.1) is 52.7 Å². The van der Waals surface area contributed by atoms with E-state index in [0.29, 0.717) is 47.3 Å². The number of hydrogen-bond donors (Lipinski definition) is 1. The van der Waals surface area contributed by atoms with Gasteiger partial charge in [-0.2, -0.15) is 0 Å². The first-order valence-electron chi connectivity index (χ1n) is 11.7. The number of amides is 1. The number of aliphatic hydroxyl groups excluding tert-OH is 1. The third kappa shape index (κ3) is 5.43. The molecule has 0 aliphatic carbocycles. The van der Waals surface area contributed by atoms with E-state index in [4.69, 9.17) is 23.7 Å². The zero-order valence-corrected chi connectivity index (χ0v) is 22.3. The maximum atomic E-state index is 13.4. The van der Waals surface area contributed by atoms with Crippen LogP contribution >= 0.6 is 0 Å². The second-order valence-corrected chi connectivity index (χ2v) is 8.67. The summed E-state index contributed by atoms with van der Waals surface area (Å²) >= 11 is 0. The van der Waals surface area contributed by atoms with E-state index in [1.165, 1.54) is 40.4 Å². The highest BCUT2D eigenvalue weighted by molar-refractivity contribution is 6.46. The number of ether oxygens (including phenoxy) is 5. The first-order chi connectivity index (χ1) is 17.7. The molecule has 200 valence electrons. The molecule has 1 fully saturated rings. The molecule has 0 saturated carbocycles. The summed E-state index contributed by atoms with van der Waals surface area (Å²) in [4.78, 5) is 30.2. The molecule has 2 aromatic carbocycles. The van der Waals surface area contributed by atoms with Crippen molar-refractivity contribution >= 4 is 17.4 Å². The molecule has 1 N–H and O–H groups in total. The molecular weight excluding hydrogens is 480 g/mol. The van der Waals surface area contributed by atoms with Crippen molar-refractivity contribution in [1.82, 2.24) is 9.80 Å². The van der Waals surface area contributed by atoms with Crippen LogP contribution in [-0.2, 0) is 9.59 Å². The number of carbonyl (C=O) groups excluding carboxylic acids is 2. The lowest BCUT2D eigenvalue weighted by Gasteiger charge is -2.27. The van der Waals surface area contributed by atoms with Gasteiger partial charge in [-0.1, -0.05) is 0 Å². The van der Waals surface area contributed by atoms with E-state index < -0.39 is 17.7 Å². The van der Waals surface area contributed by atoms with Gasteiger partial charge in [-0.15, -0.1) is 0 Å². The maximum Gasteiger partial charge on any atom is 0.295 e. The van der Waals surface area contributed by atoms with E-state index in [9.17, 15) is 14.7 Å². The van der Waals surface area contributed by atoms with Crippen molar-refractivity contribution in [2.24, 2.45) is 0 Å². The minimum absolute atomic E-state index is 0.0734. The second-order valence-electron chi connectivity index (χ2n) is 8.67. The minimum Gasteiger partial charge on any atom is -0.507 e. The lowest BCUT2D eigenvalue weighted by atomic mass is 9.94. The summed E-state index contributed by atoms with van der Waals surface area (Å²) in [6.07, 6.45) is 0.615. The number of Topliss-reactive ketones (excluding diaryl/α,β-unsaturated/α-hetero) is 1. The number of carbonyl (C=O) groups is 2. The van der Waals surface area contributed by atoms with Gasteiger partial charge in [-0.05, 0) is 63.0 Å². The Morgan fingerprint density at radius 1 is 0.892 bits per heavy atom. The highest BCUT2D eigenvalue weighted by Gasteiger charge is 2.46. The fourth-order valence-corrected chi connectivity index (χ4v) is 4.42. The molecule has 0 bridgehead atoms. The summed E-state index contributed by atoms with van der Waals surface area (Å²) in [5.41, 5.74) is 0.670. The molecule has 0 radical (unpaired) electrons. The number of rotatable bonds is 11. The van der Waals surface area contributed by atoms with E-state index >= 15 is 0 Å². The smallest absolute Gasteiger partial charge is 0.295 e. The fraction of sp³-hybridized carbons (Fsp3) is 0.407. The summed E-state index contributed by atoms with van der Waals surface area (Å²) in [7, 11) is 11.3. The lowest BCUT2D eigenvalue weighted by Crippen LogP contribution is -2.32. The van der Waals surface area contributed by atoms with Gasteiger partial charge in [-0.25, -0.2) is 0 Å². The van der Waals surface area contributed by atoms with Crippen LogP contribution in [0.1, 0.15) is 23.6 Å². The fourth-order valence-electron chi connectivity index (χ4n) is 4.42. The molecule has 2 aromatic rings. The molecule has 1 aliphatic rings. The van der Waals surface area contributed by atoms with Crippen LogP contribution in [0, 0.1) is 0 Å². The molecule has 37 heavy (non-hydrogen) atoms. The average molecular weight is 515 g/mol. The quantitative estimate of drug-likeness (QED) is 0.275. The Bertz CT molecular complexity index is 1170. The van der Waals surface area contributed by atoms with Crippen LogP contribution in [0.4, 0.5) is 0 Å². The Hall–Kier alpha value is -3.92. The van der Waals surface area contributed by atoms with Gasteiger partial charge >= 0.3 is 0 Å². The predicted molar refractivity (Wildman–Crippen MR) is 138 cm³/mol. The van der Waals surface area contributed by atoms with Gasteiger partial charge < -0.3 is 38.6 Å². The number of methoxy groups -OCH3 is 5. The van der Waals surface area contributed by atoms with Crippen LogP contribution in [-0.4, -0.2) is 89.3 Å². The van der Waals surface area contributed by atoms with E-state index in [1.807, 2.05) is 19.0 Å². The highest BCUT2D eigenvalue weighted by Crippen LogP contribution is 2.46. The highest BCUT2D eigenvalue weighted by atomic mass is 16.5. The van der Waals surface area contributed by atoms with Crippen molar-refractivity contribution in [2.75, 3.05) is 62.7 Å². The Labute approximate surface area is 216 Å². The van der Waals surface area contributed by atoms with Crippen molar-refractivity contribution in [1.29, 1.82) is 0 Å². The minimum atomic E-state index is -0.910. The first-order valence-corrected chi connectivity index (χ1v) is 11.7. The number of aliphatic hydroxyl groups is 1. The largest absolute Gasteiger partial charge is 0.507 e. The molecule has 1 aliphatic heterocycles. The Morgan fingerprint density at radius 3 is 2.03 bits per heavy atom. The van der Waals surface area contributed by atoms with Gasteiger partial charge in [0, 0.05) is 6.54 Å². The maximum absolute atomic E-state index is 13.4. The van der Waals surface area contributed by atoms with Crippen LogP contribution in [0.5, 0.6) is 28.7 Å². The van der Waals surface area contributed by atoms with Gasteiger partial charge in [0.1, 0.15) is 17.3 Å². The molecular formula is C27H34N2O8. The van der Waals surface area contributed by atoms with Crippen LogP contribution in [0.15, 0.2) is 35.9 Å². The van der Waals surface area contributed by atoms with Crippen LogP contribution in [0.2, 0.25) is 0 Å². The molecule has 1 atom stereocenters. The number of ketones is 1. The first kappa shape index (κ1) is 27.7. The molecule has 10 nitrogen and oxygen atoms in total. The van der Waals surface area contributed by atoms with Crippen LogP contribution in [0.3, 0.4) is 0 Å². The SMILES string of the molecule is COc1ccc(OC)c(/C(O)=C2\C(=O)C(=O)N(CCCN(C)C)C2c2cc(OC)c(OC)c(OC)c2)c1. The Morgan fingerprint density at radius 2 is 1.51 bits per heavy atom. The predicted octanol–water partition coefficient (Wildman–Crippen LogP) is 3.10. The molecule has 0 spiro atoms. The van der Waals surface area contributed by atoms with Crippen LogP contribution < -0.4 is 23.7 Å². The molecule has 10 heteroatoms. The second kappa shape index (κ2) is 11.9. The molecule has 3 rings (SSSR count). The van der Waals surface area contributed by atoms with Crippen molar-refractivity contribution in [3.05, 3.63) is 47.0 Å². The topological polar surface area (TPSA) is 107 Å². The zero-order valence-electron chi connectivity index (χ0n) is 22.3. The zero-order chi connectivity index (χ0) is 27.3. The van der Waals surface area contributed by atoms with E-state index in [0.717, 1.165) is 0 Å². The number of likely N-dealkylation sites (tertiary alicyclic amines) is 1. The monoisotopic (exact) mass is 514 g/mol. The standard InChI is InChI=1S/C27H34N2O8/c1-28(2)11-8-12-29-23(16-13-20(35-5)26(37-7)21(14-16)36-6)22(25(31)27(29)32)24(30)18-15-17(33-3)9-10-19(18)34-4/h9-10,13-15,23,30H,8,11-12H2,1-7H3/b24-22+. The molecule has 1 unspecified atom stereocenters. The number of benzene rings is 2. The summed E-state index contributed by atoms with van der Waals surface area (Å²) in [5.74, 6) is -0.0281. The van der Waals surface area contributed by atoms with Crippen molar-refractivity contribution in [2.45, 2.75) is 12.5 Å². The Kier molecular flexibility index (Phi) is 8.88. The third-order valence-corrected chi connectivity index (χ3v) is 6.21. The van der Waals surface area contributed by atoms with Gasteiger partial charge in [-0.3, -0.25) is 9.59 Å². The van der Waals surface area contributed by atoms with Gasteiger partial charge in [0.15, 0.2) is 11.5 Å². The molecule has 0 aromatic heterocycles. The normalized spacial score (nSPS) is 16.8. The summed E-state index contributed by atoms with van der Waals surface area (Å²) in [6, 6.07) is 7.29. The third-order valence-electron chi connectivity index (χ3n) is 6.21. The van der Waals surface area contributed by atoms with E-state index in [1.54, 1.807) is 30.3 Å². The van der Waals surface area contributed by atoms with Gasteiger partial charge in [0.25, 0.3) is 11.7 Å². The average Bonchev–Trinajstić information content (AvgIpc) is 3.16. The summed E-state index contributed by atoms with van der Waals surface area (Å²) in [5, 5.41) is 11.5. The number of nitrogens with zero attached hydrogens (tertiary/aromatic N) is 2. The van der Waals surface area contributed by atoms with Crippen molar-refractivity contribution in [3.8, 4) is 28.7 Å². The summed E-state index contributed by atoms with van der Waals surface area (Å²) < 4.78 is 27.2. The van der Waals surface area contributed by atoms with Crippen molar-refractivity contribution < 1.29 is 38.4 Å². The molecule has 1 saturated heterocycles. The lowest BCUT2D eigenvalue weighted by molar-refractivity contribution is -0.139. The Balaban J connectivity index is 2.28. The van der Waals surface area contributed by atoms with Crippen molar-refractivity contribution in [3.63, 3.8) is 0 Å². The van der Waals surface area contributed by atoms with Crippen LogP contribution in [0.25, 0.3) is 5.76 Å². The molecule has 1 amide bonds. The number of hydrogen-bond acceptors (Lipinski definition) is 9.